The zero-order valence-electron chi connectivity index (χ0n) is 7.33. The van der Waals surface area contributed by atoms with E-state index in [1.807, 2.05) is 4.90 Å². The number of carbonyl (C=O) groups excluding carboxylic acids is 1. The lowest BCUT2D eigenvalue weighted by atomic mass is 10.1. The Balaban J connectivity index is 1.93. The number of hydrogen-bond acceptors (Lipinski definition) is 2. The van der Waals surface area contributed by atoms with E-state index in [1.165, 1.54) is 19.3 Å². The predicted octanol–water partition coefficient (Wildman–Crippen LogP) is 0.346. The molecule has 2 unspecified atom stereocenters. The van der Waals surface area contributed by atoms with Crippen molar-refractivity contribution >= 4 is 5.91 Å². The molecule has 1 heterocycles. The first-order valence-corrected chi connectivity index (χ1v) is 4.81. The van der Waals surface area contributed by atoms with Gasteiger partial charge in [0.1, 0.15) is 0 Å². The molecule has 2 N–H and O–H groups in total. The van der Waals surface area contributed by atoms with Gasteiger partial charge in [-0.3, -0.25) is 4.79 Å². The molecule has 12 heavy (non-hydrogen) atoms. The van der Waals surface area contributed by atoms with E-state index < -0.39 is 0 Å². The predicted molar refractivity (Wildman–Crippen MR) is 46.5 cm³/mol. The Bertz CT molecular complexity index is 193. The first kappa shape index (κ1) is 8.05. The number of likely N-dealkylation sites (tertiary alicyclic amines) is 1. The van der Waals surface area contributed by atoms with Crippen LogP contribution in [0.4, 0.5) is 0 Å². The molecule has 3 heteroatoms. The first-order chi connectivity index (χ1) is 5.81. The molecular weight excluding hydrogens is 152 g/mol. The summed E-state index contributed by atoms with van der Waals surface area (Å²) in [5.41, 5.74) is 5.35. The molecule has 1 aliphatic heterocycles. The molecule has 1 aliphatic carbocycles. The van der Waals surface area contributed by atoms with Gasteiger partial charge in [-0.2, -0.15) is 0 Å². The van der Waals surface area contributed by atoms with E-state index in [0.29, 0.717) is 19.0 Å². The molecule has 0 spiro atoms. The standard InChI is InChI=1S/C9H16N2O/c10-4-3-9(12)11-6-7-1-2-8(11)5-7/h7-8H,1-6,10H2. The van der Waals surface area contributed by atoms with Gasteiger partial charge in [0.15, 0.2) is 0 Å². The zero-order chi connectivity index (χ0) is 8.55. The van der Waals surface area contributed by atoms with Crippen LogP contribution in [0.2, 0.25) is 0 Å². The van der Waals surface area contributed by atoms with Gasteiger partial charge in [0.2, 0.25) is 5.91 Å². The van der Waals surface area contributed by atoms with Crippen LogP contribution in [-0.2, 0) is 4.79 Å². The van der Waals surface area contributed by atoms with Gasteiger partial charge >= 0.3 is 0 Å². The Kier molecular flexibility index (Phi) is 2.05. The molecule has 1 amide bonds. The lowest BCUT2D eigenvalue weighted by Crippen LogP contribution is -2.38. The summed E-state index contributed by atoms with van der Waals surface area (Å²) in [6.45, 7) is 1.50. The number of nitrogens with zero attached hydrogens (tertiary/aromatic N) is 1. The van der Waals surface area contributed by atoms with Gasteiger partial charge in [0, 0.05) is 25.6 Å². The normalized spacial score (nSPS) is 32.9. The molecular formula is C9H16N2O. The molecule has 1 saturated heterocycles. The van der Waals surface area contributed by atoms with E-state index in [4.69, 9.17) is 5.73 Å². The van der Waals surface area contributed by atoms with Crippen molar-refractivity contribution in [3.8, 4) is 0 Å². The van der Waals surface area contributed by atoms with Crippen molar-refractivity contribution in [1.29, 1.82) is 0 Å². The zero-order valence-corrected chi connectivity index (χ0v) is 7.33. The van der Waals surface area contributed by atoms with Crippen LogP contribution < -0.4 is 5.73 Å². The molecule has 0 radical (unpaired) electrons. The summed E-state index contributed by atoms with van der Waals surface area (Å²) in [5.74, 6) is 1.07. The van der Waals surface area contributed by atoms with Crippen LogP contribution in [0, 0.1) is 5.92 Å². The maximum atomic E-state index is 11.5. The summed E-state index contributed by atoms with van der Waals surface area (Å²) in [5, 5.41) is 0. The highest BCUT2D eigenvalue weighted by atomic mass is 16.2. The average Bonchev–Trinajstić information content (AvgIpc) is 2.64. The van der Waals surface area contributed by atoms with Crippen LogP contribution in [0.25, 0.3) is 0 Å². The second-order valence-electron chi connectivity index (χ2n) is 3.92. The van der Waals surface area contributed by atoms with Gasteiger partial charge in [-0.25, -0.2) is 0 Å². The Morgan fingerprint density at radius 2 is 2.33 bits per heavy atom. The van der Waals surface area contributed by atoms with E-state index in [0.717, 1.165) is 12.5 Å². The highest BCUT2D eigenvalue weighted by Gasteiger charge is 2.39. The smallest absolute Gasteiger partial charge is 0.224 e. The summed E-state index contributed by atoms with van der Waals surface area (Å²) in [6.07, 6.45) is 4.33. The van der Waals surface area contributed by atoms with Crippen LogP contribution in [0.15, 0.2) is 0 Å². The van der Waals surface area contributed by atoms with E-state index in [-0.39, 0.29) is 5.91 Å². The molecule has 0 aromatic rings. The third-order valence-corrected chi connectivity index (χ3v) is 3.09. The van der Waals surface area contributed by atoms with Gasteiger partial charge in [-0.15, -0.1) is 0 Å². The molecule has 2 rings (SSSR count). The molecule has 2 bridgehead atoms. The molecule has 0 aromatic heterocycles. The first-order valence-electron chi connectivity index (χ1n) is 4.81. The Morgan fingerprint density at radius 1 is 1.50 bits per heavy atom. The highest BCUT2D eigenvalue weighted by molar-refractivity contribution is 5.77. The topological polar surface area (TPSA) is 46.3 Å². The van der Waals surface area contributed by atoms with Crippen molar-refractivity contribution in [2.75, 3.05) is 13.1 Å². The molecule has 68 valence electrons. The fourth-order valence-corrected chi connectivity index (χ4v) is 2.50. The summed E-state index contributed by atoms with van der Waals surface area (Å²) >= 11 is 0. The number of hydrogen-bond donors (Lipinski definition) is 1. The van der Waals surface area contributed by atoms with Crippen LogP contribution in [0.5, 0.6) is 0 Å². The van der Waals surface area contributed by atoms with Crippen LogP contribution in [0.1, 0.15) is 25.7 Å². The number of amides is 1. The lowest BCUT2D eigenvalue weighted by molar-refractivity contribution is -0.132. The molecule has 0 aromatic carbocycles. The second kappa shape index (κ2) is 3.05. The van der Waals surface area contributed by atoms with E-state index in [9.17, 15) is 4.79 Å². The second-order valence-corrected chi connectivity index (χ2v) is 3.92. The van der Waals surface area contributed by atoms with Gasteiger partial charge in [0.25, 0.3) is 0 Å². The number of piperidine rings is 1. The minimum atomic E-state index is 0.268. The molecule has 2 fully saturated rings. The van der Waals surface area contributed by atoms with E-state index >= 15 is 0 Å². The molecule has 2 atom stereocenters. The highest BCUT2D eigenvalue weighted by Crippen LogP contribution is 2.37. The maximum absolute atomic E-state index is 11.5. The van der Waals surface area contributed by atoms with Crippen LogP contribution >= 0.6 is 0 Å². The van der Waals surface area contributed by atoms with Gasteiger partial charge in [0.05, 0.1) is 0 Å². The fraction of sp³-hybridized carbons (Fsp3) is 0.889. The van der Waals surface area contributed by atoms with Crippen LogP contribution in [0.3, 0.4) is 0 Å². The number of carbonyl (C=O) groups is 1. The van der Waals surface area contributed by atoms with E-state index in [1.54, 1.807) is 0 Å². The third kappa shape index (κ3) is 1.22. The Labute approximate surface area is 72.9 Å². The van der Waals surface area contributed by atoms with Gasteiger partial charge in [-0.1, -0.05) is 0 Å². The maximum Gasteiger partial charge on any atom is 0.224 e. The van der Waals surface area contributed by atoms with Crippen molar-refractivity contribution in [3.05, 3.63) is 0 Å². The summed E-state index contributed by atoms with van der Waals surface area (Å²) in [4.78, 5) is 13.5. The van der Waals surface area contributed by atoms with Crippen LogP contribution in [-0.4, -0.2) is 29.9 Å². The monoisotopic (exact) mass is 168 g/mol. The number of rotatable bonds is 2. The largest absolute Gasteiger partial charge is 0.339 e. The number of fused-ring (bicyclic) bond motifs is 2. The van der Waals surface area contributed by atoms with Crippen molar-refractivity contribution in [2.24, 2.45) is 11.7 Å². The van der Waals surface area contributed by atoms with E-state index in [2.05, 4.69) is 0 Å². The van der Waals surface area contributed by atoms with Gasteiger partial charge in [-0.05, 0) is 25.2 Å². The minimum Gasteiger partial charge on any atom is -0.339 e. The Morgan fingerprint density at radius 3 is 2.83 bits per heavy atom. The summed E-state index contributed by atoms with van der Waals surface area (Å²) in [6, 6.07) is 0.564. The van der Waals surface area contributed by atoms with Crippen molar-refractivity contribution in [2.45, 2.75) is 31.7 Å². The fourth-order valence-electron chi connectivity index (χ4n) is 2.50. The average molecular weight is 168 g/mol. The lowest BCUT2D eigenvalue weighted by Gasteiger charge is -2.26. The number of nitrogens with two attached hydrogens (primary N) is 1. The van der Waals surface area contributed by atoms with Gasteiger partial charge < -0.3 is 10.6 Å². The molecule has 2 aliphatic rings. The van der Waals surface area contributed by atoms with Crippen molar-refractivity contribution in [3.63, 3.8) is 0 Å². The quantitative estimate of drug-likeness (QED) is 0.646. The Hall–Kier alpha value is -0.570. The van der Waals surface area contributed by atoms with Crippen molar-refractivity contribution in [1.82, 2.24) is 4.90 Å². The summed E-state index contributed by atoms with van der Waals surface area (Å²) in [7, 11) is 0. The van der Waals surface area contributed by atoms with Crippen molar-refractivity contribution < 1.29 is 4.79 Å². The molecule has 3 nitrogen and oxygen atoms in total. The minimum absolute atomic E-state index is 0.268. The molecule has 1 saturated carbocycles. The third-order valence-electron chi connectivity index (χ3n) is 3.09. The SMILES string of the molecule is NCCC(=O)N1CC2CCC1C2. The summed E-state index contributed by atoms with van der Waals surface area (Å²) < 4.78 is 0.